The lowest BCUT2D eigenvalue weighted by molar-refractivity contribution is 0.295. The second kappa shape index (κ2) is 9.45. The average molecular weight is 283 g/mol. The van der Waals surface area contributed by atoms with E-state index in [2.05, 4.69) is 6.92 Å². The number of hydrogen-bond donors (Lipinski definition) is 1. The fraction of sp³-hybridized carbons (Fsp3) is 0.625. The molecule has 0 aromatic heterocycles. The third-order valence-electron chi connectivity index (χ3n) is 3.12. The molecule has 4 heteroatoms. The third kappa shape index (κ3) is 5.68. The number of rotatable bonds is 10. The van der Waals surface area contributed by atoms with E-state index in [1.54, 1.807) is 0 Å². The van der Waals surface area contributed by atoms with Gasteiger partial charge in [-0.1, -0.05) is 39.0 Å². The molecule has 114 valence electrons. The minimum absolute atomic E-state index is 0.194. The van der Waals surface area contributed by atoms with E-state index in [4.69, 9.17) is 15.2 Å². The number of ether oxygens (including phenoxy) is 2. The second-order valence-corrected chi connectivity index (χ2v) is 4.87. The number of nitrogens with two attached hydrogens (primary N) is 1. The molecular weight excluding hydrogens is 257 g/mol. The summed E-state index contributed by atoms with van der Waals surface area (Å²) in [5, 5.41) is 0. The number of benzene rings is 1. The van der Waals surface area contributed by atoms with Crippen molar-refractivity contribution in [2.24, 2.45) is 0 Å². The van der Waals surface area contributed by atoms with Crippen LogP contribution in [0.15, 0.2) is 12.1 Å². The van der Waals surface area contributed by atoms with Gasteiger partial charge in [0, 0.05) is 12.1 Å². The van der Waals surface area contributed by atoms with E-state index in [1.807, 2.05) is 6.92 Å². The summed E-state index contributed by atoms with van der Waals surface area (Å²) in [7, 11) is 0. The van der Waals surface area contributed by atoms with Gasteiger partial charge >= 0.3 is 0 Å². The Balaban J connectivity index is 2.37. The molecule has 0 radical (unpaired) electrons. The fourth-order valence-electron chi connectivity index (χ4n) is 2.01. The zero-order chi connectivity index (χ0) is 14.8. The van der Waals surface area contributed by atoms with Crippen LogP contribution in [0.25, 0.3) is 0 Å². The van der Waals surface area contributed by atoms with Crippen molar-refractivity contribution in [3.63, 3.8) is 0 Å². The van der Waals surface area contributed by atoms with Crippen LogP contribution < -0.4 is 15.2 Å². The lowest BCUT2D eigenvalue weighted by Gasteiger charge is -2.12. The molecular formula is C16H26FNO2. The monoisotopic (exact) mass is 283 g/mol. The summed E-state index contributed by atoms with van der Waals surface area (Å²) in [5.74, 6) is 0.249. The normalized spacial score (nSPS) is 10.6. The van der Waals surface area contributed by atoms with Crippen LogP contribution in [0.5, 0.6) is 11.5 Å². The molecule has 0 atom stereocenters. The summed E-state index contributed by atoms with van der Waals surface area (Å²) < 4.78 is 24.3. The summed E-state index contributed by atoms with van der Waals surface area (Å²) in [6.07, 6.45) is 7.21. The van der Waals surface area contributed by atoms with Crippen LogP contribution in [-0.4, -0.2) is 13.2 Å². The van der Waals surface area contributed by atoms with Gasteiger partial charge in [0.15, 0.2) is 11.6 Å². The molecule has 1 aromatic carbocycles. The van der Waals surface area contributed by atoms with Gasteiger partial charge in [0.05, 0.1) is 18.9 Å². The summed E-state index contributed by atoms with van der Waals surface area (Å²) in [4.78, 5) is 0. The van der Waals surface area contributed by atoms with Gasteiger partial charge in [0.2, 0.25) is 0 Å². The Bertz CT molecular complexity index is 396. The summed E-state index contributed by atoms with van der Waals surface area (Å²) in [5.41, 5.74) is 6.06. The lowest BCUT2D eigenvalue weighted by Crippen LogP contribution is -2.03. The van der Waals surface area contributed by atoms with E-state index in [-0.39, 0.29) is 5.75 Å². The Morgan fingerprint density at radius 1 is 0.950 bits per heavy atom. The highest BCUT2D eigenvalue weighted by Gasteiger charge is 2.09. The van der Waals surface area contributed by atoms with Gasteiger partial charge in [-0.2, -0.15) is 0 Å². The standard InChI is InChI=1S/C16H26FNO2/c1-3-5-6-7-8-9-10-20-16-12-15(19-4-2)13(17)11-14(16)18/h11-12H,3-10,18H2,1-2H3. The molecule has 0 heterocycles. The van der Waals surface area contributed by atoms with Gasteiger partial charge in [-0.15, -0.1) is 0 Å². The van der Waals surface area contributed by atoms with E-state index in [1.165, 1.54) is 37.8 Å². The van der Waals surface area contributed by atoms with Crippen molar-refractivity contribution in [2.45, 2.75) is 52.4 Å². The predicted molar refractivity (Wildman–Crippen MR) is 80.9 cm³/mol. The van der Waals surface area contributed by atoms with E-state index in [9.17, 15) is 4.39 Å². The quantitative estimate of drug-likeness (QED) is 0.506. The van der Waals surface area contributed by atoms with Crippen molar-refractivity contribution in [1.29, 1.82) is 0 Å². The Labute approximate surface area is 121 Å². The van der Waals surface area contributed by atoms with Crippen molar-refractivity contribution < 1.29 is 13.9 Å². The Morgan fingerprint density at radius 3 is 2.35 bits per heavy atom. The van der Waals surface area contributed by atoms with E-state index < -0.39 is 5.82 Å². The van der Waals surface area contributed by atoms with Crippen LogP contribution in [0.4, 0.5) is 10.1 Å². The van der Waals surface area contributed by atoms with Gasteiger partial charge < -0.3 is 15.2 Å². The van der Waals surface area contributed by atoms with Gasteiger partial charge in [0.1, 0.15) is 5.75 Å². The maximum atomic E-state index is 13.5. The van der Waals surface area contributed by atoms with Crippen LogP contribution in [0.3, 0.4) is 0 Å². The predicted octanol–water partition coefficient (Wildman–Crippen LogP) is 4.55. The second-order valence-electron chi connectivity index (χ2n) is 4.87. The minimum Gasteiger partial charge on any atom is -0.491 e. The smallest absolute Gasteiger partial charge is 0.167 e. The van der Waals surface area contributed by atoms with Crippen molar-refractivity contribution >= 4 is 5.69 Å². The maximum Gasteiger partial charge on any atom is 0.167 e. The number of halogens is 1. The first kappa shape index (κ1) is 16.6. The number of anilines is 1. The molecule has 0 aliphatic rings. The van der Waals surface area contributed by atoms with E-state index in [0.29, 0.717) is 24.7 Å². The number of nitrogen functional groups attached to an aromatic ring is 1. The van der Waals surface area contributed by atoms with Crippen LogP contribution in [0.2, 0.25) is 0 Å². The third-order valence-corrected chi connectivity index (χ3v) is 3.12. The highest BCUT2D eigenvalue weighted by molar-refractivity contribution is 5.56. The molecule has 0 saturated heterocycles. The Morgan fingerprint density at radius 2 is 1.65 bits per heavy atom. The molecule has 3 nitrogen and oxygen atoms in total. The van der Waals surface area contributed by atoms with Crippen LogP contribution >= 0.6 is 0 Å². The van der Waals surface area contributed by atoms with E-state index >= 15 is 0 Å². The minimum atomic E-state index is -0.448. The van der Waals surface area contributed by atoms with Crippen molar-refractivity contribution in [3.8, 4) is 11.5 Å². The van der Waals surface area contributed by atoms with Crippen LogP contribution in [0, 0.1) is 5.82 Å². The maximum absolute atomic E-state index is 13.5. The molecule has 0 unspecified atom stereocenters. The van der Waals surface area contributed by atoms with Crippen molar-refractivity contribution in [1.82, 2.24) is 0 Å². The van der Waals surface area contributed by atoms with E-state index in [0.717, 1.165) is 12.8 Å². The molecule has 0 aliphatic carbocycles. The molecule has 20 heavy (non-hydrogen) atoms. The van der Waals surface area contributed by atoms with Gasteiger partial charge in [-0.05, 0) is 13.3 Å². The zero-order valence-electron chi connectivity index (χ0n) is 12.6. The summed E-state index contributed by atoms with van der Waals surface area (Å²) in [6, 6.07) is 2.78. The first-order valence-electron chi connectivity index (χ1n) is 7.53. The average Bonchev–Trinajstić information content (AvgIpc) is 2.42. The Kier molecular flexibility index (Phi) is 7.85. The fourth-order valence-corrected chi connectivity index (χ4v) is 2.01. The van der Waals surface area contributed by atoms with Crippen molar-refractivity contribution in [3.05, 3.63) is 17.9 Å². The highest BCUT2D eigenvalue weighted by atomic mass is 19.1. The molecule has 0 bridgehead atoms. The lowest BCUT2D eigenvalue weighted by atomic mass is 10.1. The summed E-state index contributed by atoms with van der Waals surface area (Å²) in [6.45, 7) is 5.04. The molecule has 0 amide bonds. The van der Waals surface area contributed by atoms with Crippen LogP contribution in [0.1, 0.15) is 52.4 Å². The molecule has 0 fully saturated rings. The molecule has 0 spiro atoms. The largest absolute Gasteiger partial charge is 0.491 e. The van der Waals surface area contributed by atoms with Gasteiger partial charge in [-0.3, -0.25) is 0 Å². The molecule has 0 aliphatic heterocycles. The number of hydrogen-bond acceptors (Lipinski definition) is 3. The molecule has 1 aromatic rings. The molecule has 2 N–H and O–H groups in total. The van der Waals surface area contributed by atoms with Gasteiger partial charge in [0.25, 0.3) is 0 Å². The SMILES string of the molecule is CCCCCCCCOc1cc(OCC)c(F)cc1N. The molecule has 1 rings (SSSR count). The zero-order valence-corrected chi connectivity index (χ0v) is 12.6. The number of unbranched alkanes of at least 4 members (excludes halogenated alkanes) is 5. The topological polar surface area (TPSA) is 44.5 Å². The highest BCUT2D eigenvalue weighted by Crippen LogP contribution is 2.30. The first-order valence-corrected chi connectivity index (χ1v) is 7.53. The first-order chi connectivity index (χ1) is 9.69. The van der Waals surface area contributed by atoms with Gasteiger partial charge in [-0.25, -0.2) is 4.39 Å². The summed E-state index contributed by atoms with van der Waals surface area (Å²) >= 11 is 0. The van der Waals surface area contributed by atoms with Crippen LogP contribution in [-0.2, 0) is 0 Å². The molecule has 0 saturated carbocycles. The Hall–Kier alpha value is -1.45. The van der Waals surface area contributed by atoms with Crippen molar-refractivity contribution in [2.75, 3.05) is 18.9 Å².